The Morgan fingerprint density at radius 1 is 1.19 bits per heavy atom. The van der Waals surface area contributed by atoms with Gasteiger partial charge in [0.25, 0.3) is 0 Å². The molecule has 3 heterocycles. The van der Waals surface area contributed by atoms with Gasteiger partial charge in [-0.05, 0) is 18.2 Å². The van der Waals surface area contributed by atoms with Crippen LogP contribution < -0.4 is 25.0 Å². The molecule has 11 heteroatoms. The van der Waals surface area contributed by atoms with E-state index in [4.69, 9.17) is 14.2 Å². The van der Waals surface area contributed by atoms with Crippen LogP contribution in [0, 0.1) is 11.6 Å². The molecule has 2 aliphatic rings. The van der Waals surface area contributed by atoms with Crippen LogP contribution in [0.15, 0.2) is 30.6 Å². The minimum absolute atomic E-state index is 0.0271. The second kappa shape index (κ2) is 7.45. The van der Waals surface area contributed by atoms with E-state index in [2.05, 4.69) is 20.6 Å². The van der Waals surface area contributed by atoms with Gasteiger partial charge < -0.3 is 24.8 Å². The normalized spacial score (nSPS) is 16.8. The molecule has 0 unspecified atom stereocenters. The van der Waals surface area contributed by atoms with E-state index in [-0.39, 0.29) is 11.5 Å². The van der Waals surface area contributed by atoms with E-state index >= 15 is 0 Å². The van der Waals surface area contributed by atoms with E-state index in [9.17, 15) is 13.6 Å². The summed E-state index contributed by atoms with van der Waals surface area (Å²) in [6.45, 7) is 1.51. The summed E-state index contributed by atoms with van der Waals surface area (Å²) in [5.74, 6) is -1.52. The third kappa shape index (κ3) is 3.12. The molecular formula is C21H19F2N5O4. The topological polar surface area (TPSA) is 97.8 Å². The van der Waals surface area contributed by atoms with Crippen LogP contribution >= 0.6 is 0 Å². The maximum absolute atomic E-state index is 14.7. The molecule has 0 saturated carbocycles. The maximum atomic E-state index is 14.7. The number of ether oxygens (including phenoxy) is 3. The fourth-order valence-corrected chi connectivity index (χ4v) is 3.89. The molecule has 0 atom stereocenters. The van der Waals surface area contributed by atoms with Gasteiger partial charge in [0, 0.05) is 24.5 Å². The number of hydrogen-bond acceptors (Lipinski definition) is 8. The fourth-order valence-electron chi connectivity index (χ4n) is 3.89. The Morgan fingerprint density at radius 3 is 2.66 bits per heavy atom. The van der Waals surface area contributed by atoms with Crippen LogP contribution in [0.3, 0.4) is 0 Å². The molecule has 2 aliphatic heterocycles. The van der Waals surface area contributed by atoms with Crippen molar-refractivity contribution in [1.29, 1.82) is 0 Å². The molecule has 1 aromatic heterocycles. The summed E-state index contributed by atoms with van der Waals surface area (Å²) < 4.78 is 44.3. The molecule has 9 nitrogen and oxygen atoms in total. The number of amides is 1. The van der Waals surface area contributed by atoms with E-state index < -0.39 is 29.1 Å². The highest BCUT2D eigenvalue weighted by Crippen LogP contribution is 2.40. The Balaban J connectivity index is 1.58. The predicted molar refractivity (Wildman–Crippen MR) is 112 cm³/mol. The highest BCUT2D eigenvalue weighted by Gasteiger charge is 2.50. The molecular weight excluding hydrogens is 424 g/mol. The zero-order valence-corrected chi connectivity index (χ0v) is 17.2. The number of carbonyl (C=O) groups excluding carboxylic acids is 1. The number of halogens is 2. The van der Waals surface area contributed by atoms with Crippen LogP contribution in [0.5, 0.6) is 11.5 Å². The number of rotatable bonds is 5. The summed E-state index contributed by atoms with van der Waals surface area (Å²) in [6, 6.07) is 5.68. The van der Waals surface area contributed by atoms with E-state index in [0.29, 0.717) is 42.0 Å². The molecule has 2 aromatic carbocycles. The smallest absolute Gasteiger partial charge is 0.415 e. The highest BCUT2D eigenvalue weighted by atomic mass is 19.1. The van der Waals surface area contributed by atoms with Gasteiger partial charge in [-0.1, -0.05) is 0 Å². The van der Waals surface area contributed by atoms with E-state index in [1.165, 1.54) is 31.5 Å². The van der Waals surface area contributed by atoms with Gasteiger partial charge in [0.2, 0.25) is 0 Å². The Bertz CT molecular complexity index is 1230. The number of anilines is 3. The number of fused-ring (bicyclic) bond motifs is 1. The second-order valence-electron chi connectivity index (χ2n) is 7.57. The zero-order valence-electron chi connectivity index (χ0n) is 17.2. The lowest BCUT2D eigenvalue weighted by Gasteiger charge is -2.36. The van der Waals surface area contributed by atoms with Gasteiger partial charge in [-0.2, -0.15) is 0 Å². The Labute approximate surface area is 181 Å². The molecule has 2 saturated heterocycles. The van der Waals surface area contributed by atoms with Crippen molar-refractivity contribution in [3.63, 3.8) is 0 Å². The van der Waals surface area contributed by atoms with Crippen LogP contribution in [-0.2, 0) is 4.74 Å². The molecule has 1 amide bonds. The van der Waals surface area contributed by atoms with Gasteiger partial charge in [-0.15, -0.1) is 0 Å². The Morgan fingerprint density at radius 2 is 2.00 bits per heavy atom. The first-order valence-electron chi connectivity index (χ1n) is 9.78. The van der Waals surface area contributed by atoms with Gasteiger partial charge in [0.1, 0.15) is 17.9 Å². The predicted octanol–water partition coefficient (Wildman–Crippen LogP) is 2.97. The number of nitrogens with one attached hydrogen (secondary N) is 2. The molecule has 32 heavy (non-hydrogen) atoms. The summed E-state index contributed by atoms with van der Waals surface area (Å²) in [5, 5.41) is 6.48. The number of aromatic nitrogens is 2. The lowest BCUT2D eigenvalue weighted by molar-refractivity contribution is 0.0142. The molecule has 166 valence electrons. The third-order valence-electron chi connectivity index (χ3n) is 5.60. The fraction of sp³-hybridized carbons (Fsp3) is 0.286. The molecule has 0 aliphatic carbocycles. The molecule has 2 N–H and O–H groups in total. The number of nitrogens with zero attached hydrogens (tertiary/aromatic N) is 3. The first-order chi connectivity index (χ1) is 15.4. The van der Waals surface area contributed by atoms with E-state index in [0.717, 1.165) is 6.07 Å². The van der Waals surface area contributed by atoms with Crippen LogP contribution in [0.1, 0.15) is 0 Å². The Hall–Kier alpha value is -3.73. The lowest BCUT2D eigenvalue weighted by Crippen LogP contribution is -2.61. The van der Waals surface area contributed by atoms with Crippen molar-refractivity contribution >= 4 is 34.2 Å². The van der Waals surface area contributed by atoms with Crippen molar-refractivity contribution < 1.29 is 27.8 Å². The molecule has 0 radical (unpaired) electrons. The van der Waals surface area contributed by atoms with Crippen LogP contribution in [-0.4, -0.2) is 55.5 Å². The first kappa shape index (κ1) is 20.2. The minimum Gasteiger partial charge on any atom is -0.494 e. The summed E-state index contributed by atoms with van der Waals surface area (Å²) in [7, 11) is 2.68. The van der Waals surface area contributed by atoms with Crippen molar-refractivity contribution in [2.75, 3.05) is 44.1 Å². The molecule has 5 rings (SSSR count). The maximum Gasteiger partial charge on any atom is 0.415 e. The zero-order chi connectivity index (χ0) is 22.5. The van der Waals surface area contributed by atoms with Crippen molar-refractivity contribution in [2.45, 2.75) is 5.60 Å². The van der Waals surface area contributed by atoms with Crippen LogP contribution in [0.25, 0.3) is 10.9 Å². The van der Waals surface area contributed by atoms with Crippen molar-refractivity contribution in [1.82, 2.24) is 15.3 Å². The van der Waals surface area contributed by atoms with Crippen LogP contribution in [0.4, 0.5) is 30.8 Å². The summed E-state index contributed by atoms with van der Waals surface area (Å²) in [5.41, 5.74) is 0.397. The summed E-state index contributed by atoms with van der Waals surface area (Å²) >= 11 is 0. The van der Waals surface area contributed by atoms with Gasteiger partial charge in [0.05, 0.1) is 37.7 Å². The molecule has 3 aromatic rings. The summed E-state index contributed by atoms with van der Waals surface area (Å²) in [6.07, 6.45) is 0.825. The minimum atomic E-state index is -0.893. The average Bonchev–Trinajstić information content (AvgIpc) is 3.13. The standard InChI is InChI=1S/C21H19F2N5O4/c1-30-16-6-14-11(5-15(16)28-9-21(7-24-8-21)32-20(28)29)19(26-10-25-14)27-13-4-3-12(22)18(31-2)17(13)23/h3-6,10,24H,7-9H2,1-2H3,(H,25,26,27). The van der Waals surface area contributed by atoms with Crippen LogP contribution in [0.2, 0.25) is 0 Å². The van der Waals surface area contributed by atoms with E-state index in [1.807, 2.05) is 0 Å². The molecule has 1 spiro atoms. The number of hydrogen-bond donors (Lipinski definition) is 2. The number of benzene rings is 2. The van der Waals surface area contributed by atoms with Gasteiger partial charge >= 0.3 is 6.09 Å². The number of carbonyl (C=O) groups is 1. The summed E-state index contributed by atoms with van der Waals surface area (Å²) in [4.78, 5) is 22.5. The first-order valence-corrected chi connectivity index (χ1v) is 9.78. The monoisotopic (exact) mass is 443 g/mol. The molecule has 2 fully saturated rings. The van der Waals surface area contributed by atoms with Gasteiger partial charge in [0.15, 0.2) is 23.0 Å². The Kier molecular flexibility index (Phi) is 4.70. The van der Waals surface area contributed by atoms with E-state index in [1.54, 1.807) is 12.1 Å². The molecule has 0 bridgehead atoms. The van der Waals surface area contributed by atoms with Crippen molar-refractivity contribution in [2.24, 2.45) is 0 Å². The van der Waals surface area contributed by atoms with Gasteiger partial charge in [-0.3, -0.25) is 4.90 Å². The SMILES string of the molecule is COc1cc2ncnc(Nc3ccc(F)c(OC)c3F)c2cc1N1CC2(CNC2)OC1=O. The second-order valence-corrected chi connectivity index (χ2v) is 7.57. The largest absolute Gasteiger partial charge is 0.494 e. The highest BCUT2D eigenvalue weighted by molar-refractivity contribution is 6.00. The van der Waals surface area contributed by atoms with Crippen molar-refractivity contribution in [3.05, 3.63) is 42.2 Å². The van der Waals surface area contributed by atoms with Crippen molar-refractivity contribution in [3.8, 4) is 11.5 Å². The average molecular weight is 443 g/mol. The third-order valence-corrected chi connectivity index (χ3v) is 5.60. The quantitative estimate of drug-likeness (QED) is 0.621. The lowest BCUT2D eigenvalue weighted by atomic mass is 9.97. The number of methoxy groups -OCH3 is 2. The van der Waals surface area contributed by atoms with Gasteiger partial charge in [-0.25, -0.2) is 23.5 Å².